The minimum Gasteiger partial charge on any atom is -0.468 e. The number of hydrogen-bond donors (Lipinski definition) is 1. The van der Waals surface area contributed by atoms with Gasteiger partial charge in [-0.3, -0.25) is 4.79 Å². The number of benzene rings is 1. The average Bonchev–Trinajstić information content (AvgIpc) is 2.28. The number of esters is 1. The van der Waals surface area contributed by atoms with Crippen LogP contribution < -0.4 is 5.32 Å². The van der Waals surface area contributed by atoms with E-state index in [2.05, 4.69) is 10.1 Å². The van der Waals surface area contributed by atoms with E-state index in [1.807, 2.05) is 0 Å². The third kappa shape index (κ3) is 3.47. The zero-order valence-electron chi connectivity index (χ0n) is 9.09. The molecule has 0 fully saturated rings. The summed E-state index contributed by atoms with van der Waals surface area (Å²) in [6, 6.07) is 3.81. The molecular formula is C11H13ClFNO2. The van der Waals surface area contributed by atoms with Crippen molar-refractivity contribution in [2.24, 2.45) is 0 Å². The minimum atomic E-state index is -0.483. The maximum Gasteiger partial charge on any atom is 0.322 e. The molecule has 16 heavy (non-hydrogen) atoms. The van der Waals surface area contributed by atoms with Gasteiger partial charge in [0.1, 0.15) is 11.9 Å². The van der Waals surface area contributed by atoms with Gasteiger partial charge in [-0.1, -0.05) is 11.6 Å². The number of hydrogen-bond acceptors (Lipinski definition) is 3. The molecule has 1 unspecified atom stereocenters. The Morgan fingerprint density at radius 1 is 1.62 bits per heavy atom. The molecule has 1 aromatic carbocycles. The topological polar surface area (TPSA) is 38.3 Å². The lowest BCUT2D eigenvalue weighted by Crippen LogP contribution is -2.34. The van der Waals surface area contributed by atoms with E-state index >= 15 is 0 Å². The molecule has 88 valence electrons. The van der Waals surface area contributed by atoms with Gasteiger partial charge >= 0.3 is 5.97 Å². The van der Waals surface area contributed by atoms with Crippen LogP contribution in [-0.4, -0.2) is 19.1 Å². The van der Waals surface area contributed by atoms with Crippen LogP contribution in [0.25, 0.3) is 0 Å². The molecule has 1 rings (SSSR count). The highest BCUT2D eigenvalue weighted by Crippen LogP contribution is 2.14. The first-order chi connectivity index (χ1) is 7.54. The lowest BCUT2D eigenvalue weighted by molar-refractivity contribution is -0.142. The second-order valence-electron chi connectivity index (χ2n) is 3.36. The number of ether oxygens (including phenoxy) is 1. The van der Waals surface area contributed by atoms with Crippen molar-refractivity contribution in [2.45, 2.75) is 19.5 Å². The van der Waals surface area contributed by atoms with Crippen LogP contribution in [0.15, 0.2) is 18.2 Å². The van der Waals surface area contributed by atoms with Crippen LogP contribution in [0.1, 0.15) is 12.5 Å². The van der Waals surface area contributed by atoms with E-state index in [0.29, 0.717) is 10.6 Å². The predicted molar refractivity (Wildman–Crippen MR) is 59.7 cm³/mol. The average molecular weight is 246 g/mol. The molecule has 0 aromatic heterocycles. The second-order valence-corrected chi connectivity index (χ2v) is 3.80. The SMILES string of the molecule is COC(=O)C(C)NCc1cc(Cl)ccc1F. The van der Waals surface area contributed by atoms with Crippen LogP contribution >= 0.6 is 11.6 Å². The fourth-order valence-electron chi connectivity index (χ4n) is 1.20. The van der Waals surface area contributed by atoms with Gasteiger partial charge in [-0.2, -0.15) is 0 Å². The van der Waals surface area contributed by atoms with E-state index in [1.54, 1.807) is 6.92 Å². The van der Waals surface area contributed by atoms with Crippen LogP contribution in [0.2, 0.25) is 5.02 Å². The highest BCUT2D eigenvalue weighted by molar-refractivity contribution is 6.30. The molecule has 0 saturated heterocycles. The van der Waals surface area contributed by atoms with Gasteiger partial charge in [-0.05, 0) is 25.1 Å². The van der Waals surface area contributed by atoms with Gasteiger partial charge in [-0.25, -0.2) is 4.39 Å². The highest BCUT2D eigenvalue weighted by atomic mass is 35.5. The van der Waals surface area contributed by atoms with Crippen molar-refractivity contribution in [2.75, 3.05) is 7.11 Å². The Bertz CT molecular complexity index is 384. The van der Waals surface area contributed by atoms with E-state index in [-0.39, 0.29) is 18.3 Å². The molecule has 0 heterocycles. The molecule has 0 aliphatic carbocycles. The van der Waals surface area contributed by atoms with E-state index in [1.165, 1.54) is 25.3 Å². The Morgan fingerprint density at radius 2 is 2.31 bits per heavy atom. The lowest BCUT2D eigenvalue weighted by Gasteiger charge is -2.11. The molecule has 0 radical (unpaired) electrons. The molecule has 0 amide bonds. The van der Waals surface area contributed by atoms with Gasteiger partial charge in [0.05, 0.1) is 7.11 Å². The number of rotatable bonds is 4. The Morgan fingerprint density at radius 3 is 2.94 bits per heavy atom. The van der Waals surface area contributed by atoms with Gasteiger partial charge in [-0.15, -0.1) is 0 Å². The lowest BCUT2D eigenvalue weighted by atomic mass is 10.2. The molecule has 0 spiro atoms. The summed E-state index contributed by atoms with van der Waals surface area (Å²) in [5.74, 6) is -0.739. The van der Waals surface area contributed by atoms with Crippen molar-refractivity contribution in [3.8, 4) is 0 Å². The normalized spacial score (nSPS) is 12.2. The third-order valence-corrected chi connectivity index (χ3v) is 2.40. The molecule has 0 aliphatic rings. The summed E-state index contributed by atoms with van der Waals surface area (Å²) in [4.78, 5) is 11.1. The molecule has 1 aromatic rings. The maximum atomic E-state index is 13.3. The Kier molecular flexibility index (Phi) is 4.71. The van der Waals surface area contributed by atoms with Crippen molar-refractivity contribution >= 4 is 17.6 Å². The Hall–Kier alpha value is -1.13. The van der Waals surface area contributed by atoms with Gasteiger partial charge in [0.15, 0.2) is 0 Å². The Labute approximate surface area is 98.5 Å². The summed E-state index contributed by atoms with van der Waals surface area (Å²) in [6.45, 7) is 1.87. The number of halogens is 2. The zero-order valence-corrected chi connectivity index (χ0v) is 9.84. The molecule has 3 nitrogen and oxygen atoms in total. The fraction of sp³-hybridized carbons (Fsp3) is 0.364. The quantitative estimate of drug-likeness (QED) is 0.826. The smallest absolute Gasteiger partial charge is 0.322 e. The van der Waals surface area contributed by atoms with Crippen LogP contribution in [0, 0.1) is 5.82 Å². The summed E-state index contributed by atoms with van der Waals surface area (Å²) in [5.41, 5.74) is 0.420. The minimum absolute atomic E-state index is 0.225. The van der Waals surface area contributed by atoms with Crippen molar-refractivity contribution in [3.05, 3.63) is 34.6 Å². The van der Waals surface area contributed by atoms with E-state index in [4.69, 9.17) is 11.6 Å². The van der Waals surface area contributed by atoms with E-state index in [0.717, 1.165) is 0 Å². The van der Waals surface area contributed by atoms with Crippen LogP contribution in [0.4, 0.5) is 4.39 Å². The molecular weight excluding hydrogens is 233 g/mol. The summed E-state index contributed by atoms with van der Waals surface area (Å²) >= 11 is 5.74. The maximum absolute atomic E-state index is 13.3. The van der Waals surface area contributed by atoms with Gasteiger partial charge in [0.25, 0.3) is 0 Å². The van der Waals surface area contributed by atoms with Crippen molar-refractivity contribution < 1.29 is 13.9 Å². The zero-order chi connectivity index (χ0) is 12.1. The molecule has 0 bridgehead atoms. The van der Waals surface area contributed by atoms with Crippen molar-refractivity contribution in [1.82, 2.24) is 5.32 Å². The highest BCUT2D eigenvalue weighted by Gasteiger charge is 2.12. The molecule has 0 saturated carbocycles. The Balaban J connectivity index is 2.60. The molecule has 0 aliphatic heterocycles. The van der Waals surface area contributed by atoms with Gasteiger partial charge in [0, 0.05) is 17.1 Å². The molecule has 1 atom stereocenters. The first-order valence-electron chi connectivity index (χ1n) is 4.79. The van der Waals surface area contributed by atoms with Crippen LogP contribution in [0.3, 0.4) is 0 Å². The van der Waals surface area contributed by atoms with Gasteiger partial charge < -0.3 is 10.1 Å². The fourth-order valence-corrected chi connectivity index (χ4v) is 1.40. The summed E-state index contributed by atoms with van der Waals surface area (Å²) in [7, 11) is 1.31. The second kappa shape index (κ2) is 5.82. The van der Waals surface area contributed by atoms with Crippen LogP contribution in [0.5, 0.6) is 0 Å². The first kappa shape index (κ1) is 12.9. The summed E-state index contributed by atoms with van der Waals surface area (Å²) in [6.07, 6.45) is 0. The third-order valence-electron chi connectivity index (χ3n) is 2.16. The van der Waals surface area contributed by atoms with Crippen LogP contribution in [-0.2, 0) is 16.1 Å². The number of carbonyl (C=O) groups excluding carboxylic acids is 1. The standard InChI is InChI=1S/C11H13ClFNO2/c1-7(11(15)16-2)14-6-8-5-9(12)3-4-10(8)13/h3-5,7,14H,6H2,1-2H3. The summed E-state index contributed by atoms with van der Waals surface area (Å²) < 4.78 is 17.8. The number of carbonyl (C=O) groups is 1. The summed E-state index contributed by atoms with van der Waals surface area (Å²) in [5, 5.41) is 3.31. The van der Waals surface area contributed by atoms with Crippen molar-refractivity contribution in [3.63, 3.8) is 0 Å². The number of nitrogens with one attached hydrogen (secondary N) is 1. The van der Waals surface area contributed by atoms with Gasteiger partial charge in [0.2, 0.25) is 0 Å². The molecule has 1 N–H and O–H groups in total. The largest absolute Gasteiger partial charge is 0.468 e. The van der Waals surface area contributed by atoms with E-state index in [9.17, 15) is 9.18 Å². The molecule has 5 heteroatoms. The monoisotopic (exact) mass is 245 g/mol. The van der Waals surface area contributed by atoms with E-state index < -0.39 is 6.04 Å². The van der Waals surface area contributed by atoms with Crippen molar-refractivity contribution in [1.29, 1.82) is 0 Å². The first-order valence-corrected chi connectivity index (χ1v) is 5.17. The predicted octanol–water partition coefficient (Wildman–Crippen LogP) is 2.13. The number of methoxy groups -OCH3 is 1.